The molecule has 2 aromatic carbocycles. The first kappa shape index (κ1) is 15.2. The monoisotopic (exact) mass is 398 g/mol. The molecule has 0 aliphatic rings. The summed E-state index contributed by atoms with van der Waals surface area (Å²) >= 11 is 1.74. The van der Waals surface area contributed by atoms with E-state index in [4.69, 9.17) is 10.00 Å². The van der Waals surface area contributed by atoms with Crippen LogP contribution < -0.4 is 4.74 Å². The molecule has 0 saturated carbocycles. The van der Waals surface area contributed by atoms with E-state index < -0.39 is 10.7 Å². The summed E-state index contributed by atoms with van der Waals surface area (Å²) in [5.41, 5.74) is 0.486. The molecule has 106 valence electrons. The van der Waals surface area contributed by atoms with E-state index in [-0.39, 0.29) is 26.1 Å². The van der Waals surface area contributed by atoms with Crippen LogP contribution in [0.4, 0.5) is 10.1 Å². The van der Waals surface area contributed by atoms with Gasteiger partial charge >= 0.3 is 0 Å². The first-order valence-corrected chi connectivity index (χ1v) is 6.78. The molecule has 0 radical (unpaired) electrons. The standard InChI is InChI=1S/C14H8FIN2O3/c1-21-14-9(7-17)6-11(12(15)13(14)16)8-3-2-4-10(5-8)18(19)20/h2-6H,1H3. The Morgan fingerprint density at radius 1 is 1.43 bits per heavy atom. The van der Waals surface area contributed by atoms with Crippen molar-refractivity contribution in [2.75, 3.05) is 7.11 Å². The van der Waals surface area contributed by atoms with Gasteiger partial charge in [-0.1, -0.05) is 12.1 Å². The van der Waals surface area contributed by atoms with Gasteiger partial charge in [-0.2, -0.15) is 5.26 Å². The minimum atomic E-state index is -0.577. The largest absolute Gasteiger partial charge is 0.494 e. The van der Waals surface area contributed by atoms with Crippen molar-refractivity contribution in [3.05, 3.63) is 55.4 Å². The number of ether oxygens (including phenoxy) is 1. The van der Waals surface area contributed by atoms with E-state index in [1.807, 2.05) is 6.07 Å². The van der Waals surface area contributed by atoms with Crippen LogP contribution in [0.3, 0.4) is 0 Å². The highest BCUT2D eigenvalue weighted by molar-refractivity contribution is 14.1. The van der Waals surface area contributed by atoms with Gasteiger partial charge < -0.3 is 4.74 Å². The lowest BCUT2D eigenvalue weighted by Crippen LogP contribution is -1.98. The van der Waals surface area contributed by atoms with Gasteiger partial charge in [-0.25, -0.2) is 4.39 Å². The van der Waals surface area contributed by atoms with Gasteiger partial charge in [0, 0.05) is 17.7 Å². The van der Waals surface area contributed by atoms with E-state index in [1.54, 1.807) is 28.7 Å². The van der Waals surface area contributed by atoms with Crippen LogP contribution in [-0.2, 0) is 0 Å². The van der Waals surface area contributed by atoms with Crippen molar-refractivity contribution in [2.45, 2.75) is 0 Å². The number of benzene rings is 2. The molecule has 2 rings (SSSR count). The molecule has 7 heteroatoms. The summed E-state index contributed by atoms with van der Waals surface area (Å²) in [5, 5.41) is 19.9. The smallest absolute Gasteiger partial charge is 0.270 e. The van der Waals surface area contributed by atoms with Crippen molar-refractivity contribution in [1.29, 1.82) is 5.26 Å². The number of methoxy groups -OCH3 is 1. The molecule has 0 atom stereocenters. The summed E-state index contributed by atoms with van der Waals surface area (Å²) in [6, 6.07) is 8.87. The number of hydrogen-bond acceptors (Lipinski definition) is 4. The zero-order valence-corrected chi connectivity index (χ0v) is 12.9. The lowest BCUT2D eigenvalue weighted by Gasteiger charge is -2.11. The Bertz CT molecular complexity index is 772. The molecular weight excluding hydrogens is 390 g/mol. The van der Waals surface area contributed by atoms with E-state index in [0.717, 1.165) is 0 Å². The lowest BCUT2D eigenvalue weighted by molar-refractivity contribution is -0.384. The molecule has 0 heterocycles. The molecule has 5 nitrogen and oxygen atoms in total. The predicted octanol–water partition coefficient (Wildman–Crippen LogP) is 3.89. The van der Waals surface area contributed by atoms with E-state index in [2.05, 4.69) is 0 Å². The van der Waals surface area contributed by atoms with Crippen molar-refractivity contribution in [1.82, 2.24) is 0 Å². The molecule has 0 aliphatic heterocycles. The number of halogens is 2. The molecule has 0 unspecified atom stereocenters. The summed E-state index contributed by atoms with van der Waals surface area (Å²) in [7, 11) is 1.35. The maximum Gasteiger partial charge on any atom is 0.270 e. The average molecular weight is 398 g/mol. The van der Waals surface area contributed by atoms with Crippen LogP contribution in [-0.4, -0.2) is 12.0 Å². The van der Waals surface area contributed by atoms with Gasteiger partial charge in [0.15, 0.2) is 5.75 Å². The SMILES string of the molecule is COc1c(C#N)cc(-c2cccc([N+](=O)[O-])c2)c(F)c1I. The van der Waals surface area contributed by atoms with E-state index in [9.17, 15) is 14.5 Å². The van der Waals surface area contributed by atoms with Crippen LogP contribution in [0.15, 0.2) is 30.3 Å². The molecule has 0 amide bonds. The third kappa shape index (κ3) is 2.80. The summed E-state index contributed by atoms with van der Waals surface area (Å²) in [6.45, 7) is 0. The van der Waals surface area contributed by atoms with Gasteiger partial charge in [-0.3, -0.25) is 10.1 Å². The minimum Gasteiger partial charge on any atom is -0.494 e. The number of nitrogens with zero attached hydrogens (tertiary/aromatic N) is 2. The van der Waals surface area contributed by atoms with Gasteiger partial charge in [0.05, 0.1) is 21.2 Å². The molecule has 0 saturated heterocycles. The maximum atomic E-state index is 14.4. The summed E-state index contributed by atoms with van der Waals surface area (Å²) in [6.07, 6.45) is 0. The molecule has 0 bridgehead atoms. The van der Waals surface area contributed by atoms with Gasteiger partial charge in [-0.15, -0.1) is 0 Å². The number of hydrogen-bond donors (Lipinski definition) is 0. The minimum absolute atomic E-state index is 0.125. The second-order valence-corrected chi connectivity index (χ2v) is 5.13. The van der Waals surface area contributed by atoms with Crippen molar-refractivity contribution in [3.8, 4) is 22.9 Å². The highest BCUT2D eigenvalue weighted by Crippen LogP contribution is 2.35. The summed E-state index contributed by atoms with van der Waals surface area (Å²) in [4.78, 5) is 10.2. The quantitative estimate of drug-likeness (QED) is 0.447. The van der Waals surface area contributed by atoms with Crippen molar-refractivity contribution in [2.24, 2.45) is 0 Å². The molecule has 0 spiro atoms. The summed E-state index contributed by atoms with van der Waals surface area (Å²) in [5.74, 6) is -0.420. The first-order chi connectivity index (χ1) is 9.99. The molecule has 0 aliphatic carbocycles. The fourth-order valence-electron chi connectivity index (χ4n) is 1.89. The Morgan fingerprint density at radius 3 is 2.71 bits per heavy atom. The molecular formula is C14H8FIN2O3. The fraction of sp³-hybridized carbons (Fsp3) is 0.0714. The molecule has 0 fully saturated rings. The summed E-state index contributed by atoms with van der Waals surface area (Å²) < 4.78 is 19.6. The maximum absolute atomic E-state index is 14.4. The third-order valence-electron chi connectivity index (χ3n) is 2.85. The van der Waals surface area contributed by atoms with Gasteiger partial charge in [-0.05, 0) is 34.2 Å². The Labute approximate surface area is 133 Å². The Kier molecular flexibility index (Phi) is 4.37. The highest BCUT2D eigenvalue weighted by atomic mass is 127. The first-order valence-electron chi connectivity index (χ1n) is 5.70. The lowest BCUT2D eigenvalue weighted by atomic mass is 10.0. The van der Waals surface area contributed by atoms with Gasteiger partial charge in [0.1, 0.15) is 11.9 Å². The number of nitro groups is 1. The predicted molar refractivity (Wildman–Crippen MR) is 82.5 cm³/mol. The zero-order valence-electron chi connectivity index (χ0n) is 10.8. The third-order valence-corrected chi connectivity index (χ3v) is 3.82. The molecule has 0 N–H and O–H groups in total. The van der Waals surface area contributed by atoms with E-state index >= 15 is 0 Å². The second-order valence-electron chi connectivity index (χ2n) is 4.05. The van der Waals surface area contributed by atoms with Crippen molar-refractivity contribution in [3.63, 3.8) is 0 Å². The Hall–Kier alpha value is -2.21. The number of nitriles is 1. The van der Waals surface area contributed by atoms with E-state index in [1.165, 1.54) is 31.4 Å². The number of nitro benzene ring substituents is 1. The normalized spacial score (nSPS) is 10.0. The molecule has 0 aromatic heterocycles. The van der Waals surface area contributed by atoms with E-state index in [0.29, 0.717) is 5.56 Å². The average Bonchev–Trinajstić information content (AvgIpc) is 2.49. The second kappa shape index (κ2) is 6.05. The zero-order chi connectivity index (χ0) is 15.6. The van der Waals surface area contributed by atoms with Crippen LogP contribution in [0.25, 0.3) is 11.1 Å². The Morgan fingerprint density at radius 2 is 2.14 bits per heavy atom. The van der Waals surface area contributed by atoms with Gasteiger partial charge in [0.2, 0.25) is 0 Å². The van der Waals surface area contributed by atoms with Crippen LogP contribution in [0, 0.1) is 30.8 Å². The van der Waals surface area contributed by atoms with Crippen LogP contribution in [0.5, 0.6) is 5.75 Å². The van der Waals surface area contributed by atoms with Crippen molar-refractivity contribution >= 4 is 28.3 Å². The Balaban J connectivity index is 2.70. The van der Waals surface area contributed by atoms with Crippen LogP contribution >= 0.6 is 22.6 Å². The fourth-order valence-corrected chi connectivity index (χ4v) is 2.69. The van der Waals surface area contributed by atoms with Crippen LogP contribution in [0.2, 0.25) is 0 Å². The van der Waals surface area contributed by atoms with Gasteiger partial charge in [0.25, 0.3) is 5.69 Å². The van der Waals surface area contributed by atoms with Crippen LogP contribution in [0.1, 0.15) is 5.56 Å². The van der Waals surface area contributed by atoms with Crippen molar-refractivity contribution < 1.29 is 14.1 Å². The molecule has 2 aromatic rings. The number of non-ortho nitro benzene ring substituents is 1. The number of rotatable bonds is 3. The highest BCUT2D eigenvalue weighted by Gasteiger charge is 2.19. The topological polar surface area (TPSA) is 76.2 Å². The molecule has 21 heavy (non-hydrogen) atoms.